The highest BCUT2D eigenvalue weighted by atomic mass is 16.5. The van der Waals surface area contributed by atoms with E-state index in [0.29, 0.717) is 6.42 Å². The molecular weight excluding hydrogens is 204 g/mol. The topological polar surface area (TPSA) is 49.7 Å². The third-order valence-corrected chi connectivity index (χ3v) is 2.42. The predicted molar refractivity (Wildman–Crippen MR) is 65.0 cm³/mol. The van der Waals surface area contributed by atoms with Crippen LogP contribution in [0.1, 0.15) is 45.4 Å². The fourth-order valence-corrected chi connectivity index (χ4v) is 1.42. The first-order chi connectivity index (χ1) is 7.70. The monoisotopic (exact) mass is 228 g/mol. The van der Waals surface area contributed by atoms with Crippen molar-refractivity contribution in [3.63, 3.8) is 0 Å². The Kier molecular flexibility index (Phi) is 10.6. The maximum Gasteiger partial charge on any atom is 0.0602 e. The van der Waals surface area contributed by atoms with Crippen molar-refractivity contribution in [2.45, 2.75) is 57.7 Å². The van der Waals surface area contributed by atoms with Crippen molar-refractivity contribution in [1.29, 1.82) is 0 Å². The van der Waals surface area contributed by atoms with Gasteiger partial charge in [0.05, 0.1) is 12.2 Å². The summed E-state index contributed by atoms with van der Waals surface area (Å²) in [6.45, 7) is 1.96. The molecule has 0 bridgehead atoms. The first kappa shape index (κ1) is 15.4. The summed E-state index contributed by atoms with van der Waals surface area (Å²) in [7, 11) is 1.66. The van der Waals surface area contributed by atoms with Crippen molar-refractivity contribution in [1.82, 2.24) is 0 Å². The highest BCUT2D eigenvalue weighted by Crippen LogP contribution is 2.05. The van der Waals surface area contributed by atoms with Crippen LogP contribution < -0.4 is 0 Å². The molecule has 0 saturated heterocycles. The first-order valence-electron chi connectivity index (χ1n) is 5.98. The highest BCUT2D eigenvalue weighted by molar-refractivity contribution is 4.98. The summed E-state index contributed by atoms with van der Waals surface area (Å²) in [4.78, 5) is 0. The van der Waals surface area contributed by atoms with Crippen molar-refractivity contribution in [3.05, 3.63) is 0 Å². The van der Waals surface area contributed by atoms with Gasteiger partial charge in [-0.2, -0.15) is 0 Å². The molecule has 0 heterocycles. The minimum Gasteiger partial charge on any atom is -0.396 e. The lowest BCUT2D eigenvalue weighted by molar-refractivity contribution is 0.0723. The Morgan fingerprint density at radius 1 is 1.12 bits per heavy atom. The second kappa shape index (κ2) is 10.9. The van der Waals surface area contributed by atoms with Crippen LogP contribution in [0.4, 0.5) is 0 Å². The largest absolute Gasteiger partial charge is 0.396 e. The van der Waals surface area contributed by atoms with Crippen LogP contribution in [0.3, 0.4) is 0 Å². The van der Waals surface area contributed by atoms with Crippen LogP contribution in [0.2, 0.25) is 0 Å². The molecule has 94 valence electrons. The highest BCUT2D eigenvalue weighted by Gasteiger charge is 2.04. The molecule has 0 aromatic heterocycles. The van der Waals surface area contributed by atoms with Gasteiger partial charge in [-0.1, -0.05) is 0 Å². The molecule has 0 aliphatic rings. The van der Waals surface area contributed by atoms with Crippen molar-refractivity contribution < 1.29 is 14.9 Å². The van der Waals surface area contributed by atoms with Gasteiger partial charge < -0.3 is 14.9 Å². The number of unbranched alkanes of at least 4 members (excludes halogenated alkanes) is 1. The number of rotatable bonds is 8. The Bertz CT molecular complexity index is 203. The summed E-state index contributed by atoms with van der Waals surface area (Å²) in [5.41, 5.74) is 0. The molecule has 3 nitrogen and oxygen atoms in total. The van der Waals surface area contributed by atoms with E-state index < -0.39 is 0 Å². The number of hydrogen-bond acceptors (Lipinski definition) is 3. The van der Waals surface area contributed by atoms with Crippen LogP contribution in [0, 0.1) is 11.8 Å². The van der Waals surface area contributed by atoms with Crippen LogP contribution in [-0.2, 0) is 4.74 Å². The van der Waals surface area contributed by atoms with Gasteiger partial charge in [-0.3, -0.25) is 0 Å². The normalized spacial score (nSPS) is 14.0. The summed E-state index contributed by atoms with van der Waals surface area (Å²) in [5, 5.41) is 17.8. The standard InChI is InChI=1S/C13H24O3/c1-12(15)8-6-4-3-5-7-9-13(16-2)10-11-14/h12-15H,4,6-11H2,1-2H3/t12-,13+/m1/s1. The molecule has 16 heavy (non-hydrogen) atoms. The van der Waals surface area contributed by atoms with Crippen LogP contribution in [0.5, 0.6) is 0 Å². The quantitative estimate of drug-likeness (QED) is 0.491. The van der Waals surface area contributed by atoms with E-state index in [1.807, 2.05) is 0 Å². The zero-order chi connectivity index (χ0) is 12.2. The zero-order valence-electron chi connectivity index (χ0n) is 10.4. The summed E-state index contributed by atoms with van der Waals surface area (Å²) < 4.78 is 5.19. The summed E-state index contributed by atoms with van der Waals surface area (Å²) in [5.74, 6) is 6.17. The van der Waals surface area contributed by atoms with Gasteiger partial charge in [0.25, 0.3) is 0 Å². The van der Waals surface area contributed by atoms with Crippen LogP contribution in [0.25, 0.3) is 0 Å². The van der Waals surface area contributed by atoms with Gasteiger partial charge in [0.1, 0.15) is 0 Å². The Morgan fingerprint density at radius 2 is 1.81 bits per heavy atom. The van der Waals surface area contributed by atoms with E-state index in [1.165, 1.54) is 0 Å². The number of aliphatic hydroxyl groups excluding tert-OH is 2. The molecule has 0 aromatic carbocycles. The number of hydrogen-bond donors (Lipinski definition) is 2. The lowest BCUT2D eigenvalue weighted by atomic mass is 10.1. The minimum atomic E-state index is -0.218. The van der Waals surface area contributed by atoms with E-state index in [0.717, 1.165) is 32.1 Å². The molecule has 0 radical (unpaired) electrons. The predicted octanol–water partition coefficient (Wildman–Crippen LogP) is 1.72. The maximum atomic E-state index is 9.03. The zero-order valence-corrected chi connectivity index (χ0v) is 10.4. The number of ether oxygens (including phenoxy) is 1. The Balaban J connectivity index is 3.45. The summed E-state index contributed by atoms with van der Waals surface area (Å²) in [6, 6.07) is 0. The SMILES string of the molecule is CO[C@H](CCO)CCC#CCCC[C@@H](C)O. The van der Waals surface area contributed by atoms with E-state index in [9.17, 15) is 0 Å². The van der Waals surface area contributed by atoms with Crippen molar-refractivity contribution in [2.24, 2.45) is 0 Å². The Labute approximate surface area is 98.8 Å². The smallest absolute Gasteiger partial charge is 0.0602 e. The van der Waals surface area contributed by atoms with E-state index in [2.05, 4.69) is 11.8 Å². The molecule has 0 saturated carbocycles. The second-order valence-corrected chi connectivity index (χ2v) is 4.00. The molecule has 0 unspecified atom stereocenters. The maximum absolute atomic E-state index is 9.03. The van der Waals surface area contributed by atoms with Crippen molar-refractivity contribution in [3.8, 4) is 11.8 Å². The molecule has 0 aromatic rings. The Hall–Kier alpha value is -0.560. The molecule has 2 atom stereocenters. The third-order valence-electron chi connectivity index (χ3n) is 2.42. The second-order valence-electron chi connectivity index (χ2n) is 4.00. The molecule has 0 aliphatic heterocycles. The molecule has 0 rings (SSSR count). The van der Waals surface area contributed by atoms with Crippen molar-refractivity contribution in [2.75, 3.05) is 13.7 Å². The van der Waals surface area contributed by atoms with E-state index in [1.54, 1.807) is 14.0 Å². The van der Waals surface area contributed by atoms with E-state index in [4.69, 9.17) is 14.9 Å². The average molecular weight is 228 g/mol. The van der Waals surface area contributed by atoms with Gasteiger partial charge in [-0.05, 0) is 32.6 Å². The summed E-state index contributed by atoms with van der Waals surface area (Å²) >= 11 is 0. The van der Waals surface area contributed by atoms with Gasteiger partial charge in [0.2, 0.25) is 0 Å². The van der Waals surface area contributed by atoms with E-state index >= 15 is 0 Å². The Morgan fingerprint density at radius 3 is 2.38 bits per heavy atom. The van der Waals surface area contributed by atoms with Crippen LogP contribution in [-0.4, -0.2) is 36.1 Å². The molecule has 0 spiro atoms. The lowest BCUT2D eigenvalue weighted by Gasteiger charge is -2.11. The summed E-state index contributed by atoms with van der Waals surface area (Å²) in [6.07, 6.45) is 4.90. The molecule has 2 N–H and O–H groups in total. The van der Waals surface area contributed by atoms with Crippen molar-refractivity contribution >= 4 is 0 Å². The van der Waals surface area contributed by atoms with E-state index in [-0.39, 0.29) is 18.8 Å². The fraction of sp³-hybridized carbons (Fsp3) is 0.846. The fourth-order valence-electron chi connectivity index (χ4n) is 1.42. The average Bonchev–Trinajstić information content (AvgIpc) is 2.26. The van der Waals surface area contributed by atoms with Gasteiger partial charge in [0.15, 0.2) is 0 Å². The lowest BCUT2D eigenvalue weighted by Crippen LogP contribution is -2.11. The van der Waals surface area contributed by atoms with Gasteiger partial charge in [-0.15, -0.1) is 11.8 Å². The van der Waals surface area contributed by atoms with Crippen LogP contribution >= 0.6 is 0 Å². The minimum absolute atomic E-state index is 0.122. The third kappa shape index (κ3) is 9.97. The number of methoxy groups -OCH3 is 1. The molecule has 0 aliphatic carbocycles. The van der Waals surface area contributed by atoms with Gasteiger partial charge in [-0.25, -0.2) is 0 Å². The molecule has 0 amide bonds. The first-order valence-corrected chi connectivity index (χ1v) is 5.98. The number of aliphatic hydroxyl groups is 2. The van der Waals surface area contributed by atoms with Crippen LogP contribution in [0.15, 0.2) is 0 Å². The molecule has 3 heteroatoms. The molecular formula is C13H24O3. The van der Waals surface area contributed by atoms with Gasteiger partial charge in [0, 0.05) is 26.6 Å². The molecule has 0 fully saturated rings. The van der Waals surface area contributed by atoms with Gasteiger partial charge >= 0.3 is 0 Å².